The molecule has 0 spiro atoms. The van der Waals surface area contributed by atoms with Crippen LogP contribution < -0.4 is 10.6 Å². The molecule has 2 aromatic rings. The molecular formula is C22H25FN2O2. The first-order valence-electron chi connectivity index (χ1n) is 9.15. The van der Waals surface area contributed by atoms with Gasteiger partial charge in [0.05, 0.1) is 0 Å². The quantitative estimate of drug-likeness (QED) is 0.779. The van der Waals surface area contributed by atoms with Crippen LogP contribution in [-0.4, -0.2) is 11.8 Å². The summed E-state index contributed by atoms with van der Waals surface area (Å²) < 4.78 is 12.9. The fourth-order valence-electron chi connectivity index (χ4n) is 2.94. The van der Waals surface area contributed by atoms with Crippen LogP contribution in [0.1, 0.15) is 44.7 Å². The van der Waals surface area contributed by atoms with Gasteiger partial charge in [0.1, 0.15) is 11.2 Å². The molecule has 5 heteroatoms. The summed E-state index contributed by atoms with van der Waals surface area (Å²) in [6.45, 7) is 6.66. The predicted molar refractivity (Wildman–Crippen MR) is 104 cm³/mol. The van der Waals surface area contributed by atoms with Crippen molar-refractivity contribution < 1.29 is 14.0 Å². The lowest BCUT2D eigenvalue weighted by molar-refractivity contribution is -0.134. The Morgan fingerprint density at radius 2 is 1.56 bits per heavy atom. The van der Waals surface area contributed by atoms with E-state index in [1.165, 1.54) is 17.7 Å². The van der Waals surface area contributed by atoms with Gasteiger partial charge in [-0.2, -0.15) is 0 Å². The van der Waals surface area contributed by atoms with Crippen molar-refractivity contribution in [3.05, 3.63) is 65.5 Å². The molecule has 1 saturated carbocycles. The number of rotatable bonds is 5. The molecule has 1 fully saturated rings. The minimum Gasteiger partial charge on any atom is -0.351 e. The number of anilines is 1. The first-order valence-corrected chi connectivity index (χ1v) is 9.15. The Kier molecular flexibility index (Phi) is 5.05. The highest BCUT2D eigenvalue weighted by Gasteiger charge is 2.56. The van der Waals surface area contributed by atoms with E-state index in [1.807, 2.05) is 24.3 Å². The van der Waals surface area contributed by atoms with E-state index >= 15 is 0 Å². The van der Waals surface area contributed by atoms with Crippen LogP contribution in [0.4, 0.5) is 10.1 Å². The van der Waals surface area contributed by atoms with Gasteiger partial charge in [0.15, 0.2) is 0 Å². The summed E-state index contributed by atoms with van der Waals surface area (Å²) in [5.41, 5.74) is 1.70. The molecule has 1 aliphatic carbocycles. The van der Waals surface area contributed by atoms with Crippen LogP contribution in [0.25, 0.3) is 0 Å². The van der Waals surface area contributed by atoms with Crippen LogP contribution in [-0.2, 0) is 21.5 Å². The summed E-state index contributed by atoms with van der Waals surface area (Å²) in [5.74, 6) is -0.876. The highest BCUT2D eigenvalue weighted by atomic mass is 19.1. The first-order chi connectivity index (χ1) is 12.7. The lowest BCUT2D eigenvalue weighted by Gasteiger charge is -2.20. The Morgan fingerprint density at radius 1 is 0.963 bits per heavy atom. The van der Waals surface area contributed by atoms with E-state index in [9.17, 15) is 14.0 Å². The lowest BCUT2D eigenvalue weighted by atomic mass is 9.87. The zero-order valence-electron chi connectivity index (χ0n) is 15.9. The second-order valence-electron chi connectivity index (χ2n) is 8.17. The highest BCUT2D eigenvalue weighted by molar-refractivity contribution is 6.13. The van der Waals surface area contributed by atoms with Gasteiger partial charge in [-0.1, -0.05) is 45.0 Å². The van der Waals surface area contributed by atoms with E-state index in [0.29, 0.717) is 18.5 Å². The lowest BCUT2D eigenvalue weighted by Crippen LogP contribution is -2.39. The number of amides is 2. The average molecular weight is 368 g/mol. The van der Waals surface area contributed by atoms with Gasteiger partial charge in [-0.3, -0.25) is 9.59 Å². The van der Waals surface area contributed by atoms with E-state index in [-0.39, 0.29) is 29.6 Å². The molecule has 0 radical (unpaired) electrons. The van der Waals surface area contributed by atoms with Crippen molar-refractivity contribution in [2.75, 3.05) is 5.32 Å². The molecule has 0 atom stereocenters. The van der Waals surface area contributed by atoms with E-state index in [2.05, 4.69) is 31.4 Å². The number of carbonyl (C=O) groups excluding carboxylic acids is 2. The molecule has 27 heavy (non-hydrogen) atoms. The van der Waals surface area contributed by atoms with Crippen molar-refractivity contribution in [2.24, 2.45) is 5.41 Å². The van der Waals surface area contributed by atoms with Crippen molar-refractivity contribution in [1.82, 2.24) is 5.32 Å². The smallest absolute Gasteiger partial charge is 0.240 e. The number of halogens is 1. The van der Waals surface area contributed by atoms with Crippen LogP contribution >= 0.6 is 0 Å². The van der Waals surface area contributed by atoms with Crippen LogP contribution in [0, 0.1) is 11.2 Å². The van der Waals surface area contributed by atoms with E-state index in [0.717, 1.165) is 5.56 Å². The highest BCUT2D eigenvalue weighted by Crippen LogP contribution is 2.47. The molecule has 0 aromatic heterocycles. The van der Waals surface area contributed by atoms with Gasteiger partial charge in [0.25, 0.3) is 0 Å². The molecule has 1 aliphatic rings. The molecule has 0 bridgehead atoms. The second kappa shape index (κ2) is 7.14. The molecule has 0 saturated heterocycles. The maximum absolute atomic E-state index is 12.9. The molecular weight excluding hydrogens is 343 g/mol. The molecule has 2 N–H and O–H groups in total. The Hall–Kier alpha value is -2.69. The molecule has 2 amide bonds. The largest absolute Gasteiger partial charge is 0.351 e. The van der Waals surface area contributed by atoms with Gasteiger partial charge >= 0.3 is 0 Å². The summed E-state index contributed by atoms with van der Waals surface area (Å²) in [4.78, 5) is 25.2. The van der Waals surface area contributed by atoms with Crippen molar-refractivity contribution in [2.45, 2.75) is 45.6 Å². The van der Waals surface area contributed by atoms with Crippen LogP contribution in [0.15, 0.2) is 48.5 Å². The van der Waals surface area contributed by atoms with E-state index < -0.39 is 5.41 Å². The summed E-state index contributed by atoms with van der Waals surface area (Å²) >= 11 is 0. The van der Waals surface area contributed by atoms with Gasteiger partial charge in [-0.15, -0.1) is 0 Å². The topological polar surface area (TPSA) is 58.2 Å². The average Bonchev–Trinajstić information content (AvgIpc) is 3.43. The number of benzene rings is 2. The van der Waals surface area contributed by atoms with Crippen molar-refractivity contribution in [3.63, 3.8) is 0 Å². The third-order valence-corrected chi connectivity index (χ3v) is 4.99. The minimum atomic E-state index is -0.997. The fourth-order valence-corrected chi connectivity index (χ4v) is 2.94. The Balaban J connectivity index is 1.60. The number of carbonyl (C=O) groups is 2. The van der Waals surface area contributed by atoms with Crippen molar-refractivity contribution in [3.8, 4) is 0 Å². The zero-order chi connectivity index (χ0) is 19.7. The van der Waals surface area contributed by atoms with Gasteiger partial charge in [0.2, 0.25) is 11.8 Å². The van der Waals surface area contributed by atoms with Crippen molar-refractivity contribution >= 4 is 17.5 Å². The van der Waals surface area contributed by atoms with Gasteiger partial charge in [0, 0.05) is 12.2 Å². The Bertz CT molecular complexity index is 832. The monoisotopic (exact) mass is 368 g/mol. The molecule has 2 aromatic carbocycles. The van der Waals surface area contributed by atoms with Gasteiger partial charge < -0.3 is 10.6 Å². The summed E-state index contributed by atoms with van der Waals surface area (Å²) in [5, 5.41) is 5.66. The van der Waals surface area contributed by atoms with Crippen LogP contribution in [0.3, 0.4) is 0 Å². The normalized spacial score (nSPS) is 15.1. The van der Waals surface area contributed by atoms with Gasteiger partial charge in [-0.05, 0) is 53.6 Å². The van der Waals surface area contributed by atoms with Crippen LogP contribution in [0.5, 0.6) is 0 Å². The SMILES string of the molecule is CC(C)(C)c1ccc(NC(=O)C2(C(=O)NCc3ccc(F)cc3)CC2)cc1. The maximum atomic E-state index is 12.9. The van der Waals surface area contributed by atoms with Gasteiger partial charge in [-0.25, -0.2) is 4.39 Å². The van der Waals surface area contributed by atoms with Crippen molar-refractivity contribution in [1.29, 1.82) is 0 Å². The molecule has 4 nitrogen and oxygen atoms in total. The summed E-state index contributed by atoms with van der Waals surface area (Å²) in [6, 6.07) is 13.6. The fraction of sp³-hybridized carbons (Fsp3) is 0.364. The number of nitrogens with one attached hydrogen (secondary N) is 2. The summed E-state index contributed by atoms with van der Waals surface area (Å²) in [6.07, 6.45) is 1.07. The Morgan fingerprint density at radius 3 is 2.07 bits per heavy atom. The maximum Gasteiger partial charge on any atom is 0.240 e. The second-order valence-corrected chi connectivity index (χ2v) is 8.17. The standard InChI is InChI=1S/C22H25FN2O2/c1-21(2,3)16-6-10-18(11-7-16)25-20(27)22(12-13-22)19(26)24-14-15-4-8-17(23)9-5-15/h4-11H,12-14H2,1-3H3,(H,24,26)(H,25,27). The van der Waals surface area contributed by atoms with Crippen LogP contribution in [0.2, 0.25) is 0 Å². The molecule has 0 unspecified atom stereocenters. The zero-order valence-corrected chi connectivity index (χ0v) is 15.9. The molecule has 0 aliphatic heterocycles. The third-order valence-electron chi connectivity index (χ3n) is 4.99. The molecule has 3 rings (SSSR count). The molecule has 142 valence electrons. The Labute approximate surface area is 159 Å². The minimum absolute atomic E-state index is 0.0422. The number of hydrogen-bond donors (Lipinski definition) is 2. The molecule has 0 heterocycles. The van der Waals surface area contributed by atoms with E-state index in [4.69, 9.17) is 0 Å². The third kappa shape index (κ3) is 4.35. The number of hydrogen-bond acceptors (Lipinski definition) is 2. The summed E-state index contributed by atoms with van der Waals surface area (Å²) in [7, 11) is 0. The first kappa shape index (κ1) is 19.1. The predicted octanol–water partition coefficient (Wildman–Crippen LogP) is 4.16. The van der Waals surface area contributed by atoms with E-state index in [1.54, 1.807) is 12.1 Å².